The molecule has 0 bridgehead atoms. The molecule has 1 aromatic heterocycles. The molecule has 22 heavy (non-hydrogen) atoms. The van der Waals surface area contributed by atoms with Crippen LogP contribution in [0.25, 0.3) is 5.69 Å². The molecule has 1 fully saturated rings. The third-order valence-corrected chi connectivity index (χ3v) is 4.61. The van der Waals surface area contributed by atoms with E-state index in [0.717, 1.165) is 56.5 Å². The predicted octanol–water partition coefficient (Wildman–Crippen LogP) is 2.74. The van der Waals surface area contributed by atoms with Crippen molar-refractivity contribution >= 4 is 5.91 Å². The van der Waals surface area contributed by atoms with Gasteiger partial charge in [0, 0.05) is 24.3 Å². The van der Waals surface area contributed by atoms with Crippen LogP contribution in [0.5, 0.6) is 0 Å². The summed E-state index contributed by atoms with van der Waals surface area (Å²) in [5, 5.41) is 4.49. The first-order valence-corrected chi connectivity index (χ1v) is 7.90. The van der Waals surface area contributed by atoms with Gasteiger partial charge in [-0.25, -0.2) is 9.07 Å². The molecule has 0 saturated carbocycles. The summed E-state index contributed by atoms with van der Waals surface area (Å²) in [6, 6.07) is 6.60. The zero-order valence-corrected chi connectivity index (χ0v) is 12.4. The van der Waals surface area contributed by atoms with Gasteiger partial charge in [0.1, 0.15) is 11.5 Å². The second-order valence-corrected chi connectivity index (χ2v) is 5.99. The van der Waals surface area contributed by atoms with E-state index in [1.165, 1.54) is 6.07 Å². The Morgan fingerprint density at radius 1 is 1.09 bits per heavy atom. The third-order valence-electron chi connectivity index (χ3n) is 4.61. The summed E-state index contributed by atoms with van der Waals surface area (Å²) < 4.78 is 15.7. The highest BCUT2D eigenvalue weighted by atomic mass is 19.1. The Morgan fingerprint density at radius 3 is 2.64 bits per heavy atom. The molecule has 0 spiro atoms. The Kier molecular flexibility index (Phi) is 3.21. The van der Waals surface area contributed by atoms with E-state index >= 15 is 0 Å². The first kappa shape index (κ1) is 13.5. The number of para-hydroxylation sites is 1. The Hall–Kier alpha value is -2.17. The molecule has 0 radical (unpaired) electrons. The van der Waals surface area contributed by atoms with Crippen molar-refractivity contribution in [3.8, 4) is 5.69 Å². The number of halogens is 1. The average molecular weight is 299 g/mol. The number of hydrogen-bond acceptors (Lipinski definition) is 2. The summed E-state index contributed by atoms with van der Waals surface area (Å²) in [5.74, 6) is -0.300. The molecule has 2 aromatic rings. The number of amides is 1. The minimum atomic E-state index is -0.306. The molecular formula is C17H18FN3O. The molecule has 1 aliphatic carbocycles. The fraction of sp³-hybridized carbons (Fsp3) is 0.412. The van der Waals surface area contributed by atoms with E-state index in [-0.39, 0.29) is 11.7 Å². The van der Waals surface area contributed by atoms with Crippen molar-refractivity contribution < 1.29 is 9.18 Å². The van der Waals surface area contributed by atoms with Crippen molar-refractivity contribution in [1.82, 2.24) is 14.7 Å². The van der Waals surface area contributed by atoms with Gasteiger partial charge in [0.15, 0.2) is 5.69 Å². The van der Waals surface area contributed by atoms with Gasteiger partial charge >= 0.3 is 0 Å². The molecule has 0 unspecified atom stereocenters. The number of carbonyl (C=O) groups excluding carboxylic acids is 1. The van der Waals surface area contributed by atoms with Crippen LogP contribution in [0.15, 0.2) is 24.3 Å². The van der Waals surface area contributed by atoms with E-state index in [2.05, 4.69) is 5.10 Å². The number of fused-ring (bicyclic) bond motifs is 1. The number of aromatic nitrogens is 2. The quantitative estimate of drug-likeness (QED) is 0.855. The van der Waals surface area contributed by atoms with Crippen LogP contribution in [-0.2, 0) is 12.8 Å². The Balaban J connectivity index is 1.80. The van der Waals surface area contributed by atoms with Gasteiger partial charge in [-0.1, -0.05) is 12.1 Å². The van der Waals surface area contributed by atoms with Gasteiger partial charge in [-0.3, -0.25) is 4.79 Å². The minimum absolute atomic E-state index is 0.00531. The molecule has 2 aliphatic rings. The van der Waals surface area contributed by atoms with Gasteiger partial charge in [0.2, 0.25) is 0 Å². The molecule has 1 aromatic carbocycles. The van der Waals surface area contributed by atoms with Gasteiger partial charge in [-0.2, -0.15) is 5.10 Å². The summed E-state index contributed by atoms with van der Waals surface area (Å²) >= 11 is 0. The van der Waals surface area contributed by atoms with Gasteiger partial charge < -0.3 is 4.90 Å². The van der Waals surface area contributed by atoms with Crippen molar-refractivity contribution in [3.63, 3.8) is 0 Å². The number of benzene rings is 1. The molecule has 1 saturated heterocycles. The van der Waals surface area contributed by atoms with E-state index in [1.807, 2.05) is 4.90 Å². The Morgan fingerprint density at radius 2 is 1.86 bits per heavy atom. The predicted molar refractivity (Wildman–Crippen MR) is 80.7 cm³/mol. The third kappa shape index (κ3) is 2.03. The molecule has 4 nitrogen and oxygen atoms in total. The van der Waals surface area contributed by atoms with Crippen LogP contribution >= 0.6 is 0 Å². The maximum Gasteiger partial charge on any atom is 0.274 e. The first-order chi connectivity index (χ1) is 10.8. The Labute approximate surface area is 128 Å². The zero-order valence-electron chi connectivity index (χ0n) is 12.4. The van der Waals surface area contributed by atoms with Gasteiger partial charge in [-0.15, -0.1) is 0 Å². The molecule has 0 atom stereocenters. The van der Waals surface area contributed by atoms with E-state index in [1.54, 1.807) is 22.9 Å². The maximum atomic E-state index is 14.1. The highest BCUT2D eigenvalue weighted by Crippen LogP contribution is 2.29. The number of carbonyl (C=O) groups is 1. The van der Waals surface area contributed by atoms with Gasteiger partial charge in [0.25, 0.3) is 5.91 Å². The second kappa shape index (κ2) is 5.23. The van der Waals surface area contributed by atoms with Crippen LogP contribution in [0.3, 0.4) is 0 Å². The van der Waals surface area contributed by atoms with Crippen molar-refractivity contribution in [2.45, 2.75) is 32.1 Å². The van der Waals surface area contributed by atoms with Crippen molar-refractivity contribution in [3.05, 3.63) is 47.0 Å². The zero-order chi connectivity index (χ0) is 15.1. The molecular weight excluding hydrogens is 281 g/mol. The average Bonchev–Trinajstić information content (AvgIpc) is 3.25. The SMILES string of the molecule is O=C(c1nn(-c2ccccc2F)c2c1CCC2)N1CCCC1. The van der Waals surface area contributed by atoms with E-state index in [4.69, 9.17) is 0 Å². The van der Waals surface area contributed by atoms with Crippen LogP contribution in [0.2, 0.25) is 0 Å². The molecule has 1 aliphatic heterocycles. The fourth-order valence-electron chi connectivity index (χ4n) is 3.50. The van der Waals surface area contributed by atoms with E-state index in [0.29, 0.717) is 11.4 Å². The summed E-state index contributed by atoms with van der Waals surface area (Å²) in [4.78, 5) is 14.6. The lowest BCUT2D eigenvalue weighted by atomic mass is 10.2. The van der Waals surface area contributed by atoms with Crippen LogP contribution in [0.1, 0.15) is 41.0 Å². The molecule has 1 amide bonds. The molecule has 2 heterocycles. The van der Waals surface area contributed by atoms with Crippen molar-refractivity contribution in [2.75, 3.05) is 13.1 Å². The molecule has 114 valence electrons. The van der Waals surface area contributed by atoms with E-state index < -0.39 is 0 Å². The minimum Gasteiger partial charge on any atom is -0.337 e. The van der Waals surface area contributed by atoms with Gasteiger partial charge in [0.05, 0.1) is 0 Å². The standard InChI is InChI=1S/C17H18FN3O/c18-13-7-1-2-8-15(13)21-14-9-5-6-12(14)16(19-21)17(22)20-10-3-4-11-20/h1-2,7-8H,3-6,9-11H2. The highest BCUT2D eigenvalue weighted by molar-refractivity contribution is 5.94. The molecule has 4 rings (SSSR count). The fourth-order valence-corrected chi connectivity index (χ4v) is 3.50. The van der Waals surface area contributed by atoms with E-state index in [9.17, 15) is 9.18 Å². The lowest BCUT2D eigenvalue weighted by molar-refractivity contribution is 0.0785. The molecule has 5 heteroatoms. The van der Waals surface area contributed by atoms with Crippen LogP contribution in [0.4, 0.5) is 4.39 Å². The number of rotatable bonds is 2. The summed E-state index contributed by atoms with van der Waals surface area (Å²) in [6.07, 6.45) is 4.83. The monoisotopic (exact) mass is 299 g/mol. The number of likely N-dealkylation sites (tertiary alicyclic amines) is 1. The summed E-state index contributed by atoms with van der Waals surface area (Å²) in [6.45, 7) is 1.61. The summed E-state index contributed by atoms with van der Waals surface area (Å²) in [5.41, 5.74) is 2.96. The number of nitrogens with zero attached hydrogens (tertiary/aromatic N) is 3. The second-order valence-electron chi connectivity index (χ2n) is 5.99. The topological polar surface area (TPSA) is 38.1 Å². The van der Waals surface area contributed by atoms with Crippen LogP contribution in [0, 0.1) is 5.82 Å². The lowest BCUT2D eigenvalue weighted by Gasteiger charge is -2.14. The normalized spacial score (nSPS) is 17.0. The van der Waals surface area contributed by atoms with Crippen LogP contribution in [-0.4, -0.2) is 33.7 Å². The first-order valence-electron chi connectivity index (χ1n) is 7.90. The molecule has 0 N–H and O–H groups in total. The van der Waals surface area contributed by atoms with Gasteiger partial charge in [-0.05, 0) is 44.2 Å². The Bertz CT molecular complexity index is 732. The maximum absolute atomic E-state index is 14.1. The largest absolute Gasteiger partial charge is 0.337 e. The lowest BCUT2D eigenvalue weighted by Crippen LogP contribution is -2.28. The summed E-state index contributed by atoms with van der Waals surface area (Å²) in [7, 11) is 0. The highest BCUT2D eigenvalue weighted by Gasteiger charge is 2.30. The van der Waals surface area contributed by atoms with Crippen molar-refractivity contribution in [2.24, 2.45) is 0 Å². The number of hydrogen-bond donors (Lipinski definition) is 0. The van der Waals surface area contributed by atoms with Crippen molar-refractivity contribution in [1.29, 1.82) is 0 Å². The smallest absolute Gasteiger partial charge is 0.274 e. The van der Waals surface area contributed by atoms with Crippen LogP contribution < -0.4 is 0 Å².